The monoisotopic (exact) mass is 439 g/mol. The molecule has 0 saturated carbocycles. The number of rotatable bonds is 8. The van der Waals surface area contributed by atoms with Crippen molar-refractivity contribution in [1.29, 1.82) is 0 Å². The maximum Gasteiger partial charge on any atom is 0.407 e. The molecule has 1 aliphatic rings. The SMILES string of the molecule is CC(C)(C)OC(=O)CCCC(NC(=O)OCC1c2ccccc2-c2ccccc21)C(=O)O. The lowest BCUT2D eigenvalue weighted by Gasteiger charge is -2.20. The van der Waals surface area contributed by atoms with Crippen molar-refractivity contribution in [1.82, 2.24) is 5.32 Å². The molecule has 0 fully saturated rings. The van der Waals surface area contributed by atoms with Gasteiger partial charge in [-0.15, -0.1) is 0 Å². The first-order chi connectivity index (χ1) is 15.2. The van der Waals surface area contributed by atoms with Crippen molar-refractivity contribution in [3.8, 4) is 11.1 Å². The molecule has 0 heterocycles. The van der Waals surface area contributed by atoms with Gasteiger partial charge >= 0.3 is 18.0 Å². The van der Waals surface area contributed by atoms with Gasteiger partial charge in [-0.1, -0.05) is 48.5 Å². The number of hydrogen-bond acceptors (Lipinski definition) is 5. The lowest BCUT2D eigenvalue weighted by atomic mass is 9.98. The zero-order valence-corrected chi connectivity index (χ0v) is 18.6. The second-order valence-corrected chi connectivity index (χ2v) is 8.84. The average molecular weight is 440 g/mol. The molecule has 1 amide bonds. The molecule has 0 aromatic heterocycles. The van der Waals surface area contributed by atoms with Crippen LogP contribution in [0.5, 0.6) is 0 Å². The summed E-state index contributed by atoms with van der Waals surface area (Å²) in [6.07, 6.45) is -0.349. The van der Waals surface area contributed by atoms with Crippen LogP contribution in [-0.2, 0) is 19.1 Å². The number of fused-ring (bicyclic) bond motifs is 3. The highest BCUT2D eigenvalue weighted by Crippen LogP contribution is 2.44. The summed E-state index contributed by atoms with van der Waals surface area (Å²) in [4.78, 5) is 35.7. The molecule has 2 N–H and O–H groups in total. The normalized spacial score (nSPS) is 13.6. The van der Waals surface area contributed by atoms with E-state index in [1.54, 1.807) is 20.8 Å². The fourth-order valence-electron chi connectivity index (χ4n) is 3.88. The largest absolute Gasteiger partial charge is 0.480 e. The molecule has 170 valence electrons. The van der Waals surface area contributed by atoms with Gasteiger partial charge in [0.25, 0.3) is 0 Å². The van der Waals surface area contributed by atoms with Crippen LogP contribution in [-0.4, -0.2) is 41.4 Å². The summed E-state index contributed by atoms with van der Waals surface area (Å²) in [6.45, 7) is 5.40. The van der Waals surface area contributed by atoms with E-state index in [0.29, 0.717) is 0 Å². The Morgan fingerprint density at radius 3 is 2.09 bits per heavy atom. The lowest BCUT2D eigenvalue weighted by molar-refractivity contribution is -0.155. The Hall–Kier alpha value is -3.35. The molecule has 0 saturated heterocycles. The number of alkyl carbamates (subject to hydrolysis) is 1. The number of carboxylic acids is 1. The number of ether oxygens (including phenoxy) is 2. The quantitative estimate of drug-likeness (QED) is 0.588. The third-order valence-corrected chi connectivity index (χ3v) is 5.23. The van der Waals surface area contributed by atoms with Gasteiger partial charge < -0.3 is 19.9 Å². The van der Waals surface area contributed by atoms with Crippen molar-refractivity contribution in [2.45, 2.75) is 57.6 Å². The Balaban J connectivity index is 1.54. The summed E-state index contributed by atoms with van der Waals surface area (Å²) in [5.74, 6) is -1.69. The number of carbonyl (C=O) groups is 3. The first kappa shape index (κ1) is 23.3. The van der Waals surface area contributed by atoms with Gasteiger partial charge in [-0.25, -0.2) is 9.59 Å². The van der Waals surface area contributed by atoms with E-state index in [-0.39, 0.29) is 31.8 Å². The van der Waals surface area contributed by atoms with Gasteiger partial charge in [-0.3, -0.25) is 4.79 Å². The highest BCUT2D eigenvalue weighted by Gasteiger charge is 2.29. The van der Waals surface area contributed by atoms with Crippen LogP contribution >= 0.6 is 0 Å². The minimum atomic E-state index is -1.18. The van der Waals surface area contributed by atoms with Gasteiger partial charge in [-0.05, 0) is 55.9 Å². The van der Waals surface area contributed by atoms with E-state index < -0.39 is 29.7 Å². The predicted molar refractivity (Wildman–Crippen MR) is 119 cm³/mol. The van der Waals surface area contributed by atoms with Crippen LogP contribution in [0.2, 0.25) is 0 Å². The highest BCUT2D eigenvalue weighted by molar-refractivity contribution is 5.81. The second-order valence-electron chi connectivity index (χ2n) is 8.84. The van der Waals surface area contributed by atoms with E-state index in [1.807, 2.05) is 48.5 Å². The second kappa shape index (κ2) is 9.85. The summed E-state index contributed by atoms with van der Waals surface area (Å²) >= 11 is 0. The molecule has 1 aliphatic carbocycles. The van der Waals surface area contributed by atoms with Gasteiger partial charge in [0, 0.05) is 12.3 Å². The van der Waals surface area contributed by atoms with Gasteiger partial charge in [-0.2, -0.15) is 0 Å². The maximum atomic E-state index is 12.3. The Bertz CT molecular complexity index is 948. The topological polar surface area (TPSA) is 102 Å². The third kappa shape index (κ3) is 5.87. The van der Waals surface area contributed by atoms with Crippen LogP contribution < -0.4 is 5.32 Å². The van der Waals surface area contributed by atoms with Gasteiger partial charge in [0.15, 0.2) is 0 Å². The Morgan fingerprint density at radius 2 is 1.56 bits per heavy atom. The number of carbonyl (C=O) groups excluding carboxylic acids is 2. The predicted octanol–water partition coefficient (Wildman–Crippen LogP) is 4.49. The molecular formula is C25H29NO6. The van der Waals surface area contributed by atoms with Crippen molar-refractivity contribution < 1.29 is 29.0 Å². The molecule has 0 bridgehead atoms. The molecule has 2 aromatic carbocycles. The van der Waals surface area contributed by atoms with Crippen LogP contribution in [0.15, 0.2) is 48.5 Å². The molecule has 1 unspecified atom stereocenters. The van der Waals surface area contributed by atoms with E-state index >= 15 is 0 Å². The van der Waals surface area contributed by atoms with Crippen LogP contribution in [0.3, 0.4) is 0 Å². The van der Waals surface area contributed by atoms with E-state index in [1.165, 1.54) is 0 Å². The summed E-state index contributed by atoms with van der Waals surface area (Å²) in [7, 11) is 0. The highest BCUT2D eigenvalue weighted by atomic mass is 16.6. The van der Waals surface area contributed by atoms with Gasteiger partial charge in [0.2, 0.25) is 0 Å². The number of nitrogens with one attached hydrogen (secondary N) is 1. The fraction of sp³-hybridized carbons (Fsp3) is 0.400. The molecule has 3 rings (SSSR count). The van der Waals surface area contributed by atoms with Crippen molar-refractivity contribution in [2.75, 3.05) is 6.61 Å². The number of amides is 1. The van der Waals surface area contributed by atoms with Crippen LogP contribution in [0.25, 0.3) is 11.1 Å². The van der Waals surface area contributed by atoms with E-state index in [4.69, 9.17) is 9.47 Å². The average Bonchev–Trinajstić information content (AvgIpc) is 3.04. The fourth-order valence-corrected chi connectivity index (χ4v) is 3.88. The molecule has 7 heteroatoms. The summed E-state index contributed by atoms with van der Waals surface area (Å²) < 4.78 is 10.6. The summed E-state index contributed by atoms with van der Waals surface area (Å²) in [6, 6.07) is 14.8. The first-order valence-corrected chi connectivity index (χ1v) is 10.7. The smallest absolute Gasteiger partial charge is 0.407 e. The zero-order valence-electron chi connectivity index (χ0n) is 18.6. The van der Waals surface area contributed by atoms with Crippen LogP contribution in [0, 0.1) is 0 Å². The number of esters is 1. The van der Waals surface area contributed by atoms with E-state index in [0.717, 1.165) is 22.3 Å². The number of benzene rings is 2. The molecule has 2 aromatic rings. The number of carboxylic acid groups (broad SMARTS) is 1. The van der Waals surface area contributed by atoms with Crippen LogP contribution in [0.4, 0.5) is 4.79 Å². The molecule has 0 spiro atoms. The Kier molecular flexibility index (Phi) is 7.18. The molecule has 0 radical (unpaired) electrons. The van der Waals surface area contributed by atoms with E-state index in [2.05, 4.69) is 5.32 Å². The first-order valence-electron chi connectivity index (χ1n) is 10.7. The Morgan fingerprint density at radius 1 is 1.00 bits per heavy atom. The van der Waals surface area contributed by atoms with Gasteiger partial charge in [0.05, 0.1) is 0 Å². The summed E-state index contributed by atoms with van der Waals surface area (Å²) in [5.41, 5.74) is 3.79. The molecule has 32 heavy (non-hydrogen) atoms. The lowest BCUT2D eigenvalue weighted by Crippen LogP contribution is -2.41. The van der Waals surface area contributed by atoms with Crippen molar-refractivity contribution in [2.24, 2.45) is 0 Å². The van der Waals surface area contributed by atoms with Crippen LogP contribution in [0.1, 0.15) is 57.1 Å². The molecule has 7 nitrogen and oxygen atoms in total. The minimum absolute atomic E-state index is 0.0768. The van der Waals surface area contributed by atoms with Crippen molar-refractivity contribution >= 4 is 18.0 Å². The van der Waals surface area contributed by atoms with Crippen molar-refractivity contribution in [3.63, 3.8) is 0 Å². The zero-order chi connectivity index (χ0) is 23.3. The van der Waals surface area contributed by atoms with Gasteiger partial charge in [0.1, 0.15) is 18.2 Å². The third-order valence-electron chi connectivity index (χ3n) is 5.23. The van der Waals surface area contributed by atoms with Crippen molar-refractivity contribution in [3.05, 3.63) is 59.7 Å². The Labute approximate surface area is 187 Å². The number of hydrogen-bond donors (Lipinski definition) is 2. The molecule has 0 aliphatic heterocycles. The number of aliphatic carboxylic acids is 1. The maximum absolute atomic E-state index is 12.3. The summed E-state index contributed by atoms with van der Waals surface area (Å²) in [5, 5.41) is 11.8. The molecular weight excluding hydrogens is 410 g/mol. The minimum Gasteiger partial charge on any atom is -0.480 e. The van der Waals surface area contributed by atoms with E-state index in [9.17, 15) is 19.5 Å². The molecule has 1 atom stereocenters. The standard InChI is InChI=1S/C25H29NO6/c1-25(2,3)32-22(27)14-8-13-21(23(28)29)26-24(30)31-15-20-18-11-6-4-9-16(18)17-10-5-7-12-19(17)20/h4-7,9-12,20-21H,8,13-15H2,1-3H3,(H,26,30)(H,28,29).